The van der Waals surface area contributed by atoms with E-state index in [0.717, 1.165) is 11.3 Å². The molecular formula is C24H28N2O4. The second-order valence-electron chi connectivity index (χ2n) is 7.39. The van der Waals surface area contributed by atoms with Crippen molar-refractivity contribution in [2.75, 3.05) is 6.61 Å². The number of carbonyl (C=O) groups excluding carboxylic acids is 2. The van der Waals surface area contributed by atoms with Gasteiger partial charge in [-0.15, -0.1) is 0 Å². The van der Waals surface area contributed by atoms with Crippen molar-refractivity contribution in [1.82, 2.24) is 10.6 Å². The van der Waals surface area contributed by atoms with E-state index in [0.29, 0.717) is 29.4 Å². The summed E-state index contributed by atoms with van der Waals surface area (Å²) in [6, 6.07) is 14.5. The van der Waals surface area contributed by atoms with Crippen LogP contribution in [0.3, 0.4) is 0 Å². The zero-order chi connectivity index (χ0) is 21.7. The molecule has 2 aromatic carbocycles. The highest BCUT2D eigenvalue weighted by molar-refractivity contribution is 5.95. The van der Waals surface area contributed by atoms with Crippen molar-refractivity contribution in [3.8, 4) is 11.5 Å². The van der Waals surface area contributed by atoms with Crippen LogP contribution >= 0.6 is 0 Å². The van der Waals surface area contributed by atoms with Crippen molar-refractivity contribution in [2.24, 2.45) is 0 Å². The fourth-order valence-corrected chi connectivity index (χ4v) is 3.38. The number of benzene rings is 2. The molecule has 0 saturated heterocycles. The van der Waals surface area contributed by atoms with Crippen LogP contribution in [0.5, 0.6) is 11.5 Å². The normalized spacial score (nSPS) is 16.2. The summed E-state index contributed by atoms with van der Waals surface area (Å²) in [7, 11) is 0. The summed E-state index contributed by atoms with van der Waals surface area (Å²) in [5, 5.41) is 5.54. The number of allylic oxidation sites excluding steroid dienone is 1. The largest absolute Gasteiger partial charge is 0.463 e. The van der Waals surface area contributed by atoms with Crippen LogP contribution in [0.25, 0.3) is 0 Å². The molecule has 1 heterocycles. The standard InChI is InChI=1S/C24H28N2O4/c1-5-20-21(23(27)29-6-2)22(26-24(28)25-20)17-9-13-19(14-10-17)30-18-11-7-16(8-12-18)15(3)4/h7-15,22H,5-6H2,1-4H3,(H2,25,26,28). The first-order chi connectivity index (χ1) is 14.4. The van der Waals surface area contributed by atoms with Gasteiger partial charge in [0.05, 0.1) is 18.2 Å². The van der Waals surface area contributed by atoms with E-state index < -0.39 is 12.0 Å². The molecule has 0 bridgehead atoms. The fraction of sp³-hybridized carbons (Fsp3) is 0.333. The Morgan fingerprint density at radius 3 is 2.13 bits per heavy atom. The van der Waals surface area contributed by atoms with E-state index in [2.05, 4.69) is 36.6 Å². The quantitative estimate of drug-likeness (QED) is 0.619. The van der Waals surface area contributed by atoms with Gasteiger partial charge < -0.3 is 20.1 Å². The van der Waals surface area contributed by atoms with Gasteiger partial charge in [-0.05, 0) is 54.7 Å². The van der Waals surface area contributed by atoms with E-state index >= 15 is 0 Å². The third kappa shape index (κ3) is 4.82. The number of hydrogen-bond acceptors (Lipinski definition) is 4. The summed E-state index contributed by atoms with van der Waals surface area (Å²) in [6.07, 6.45) is 0.519. The van der Waals surface area contributed by atoms with E-state index in [1.54, 1.807) is 6.92 Å². The Morgan fingerprint density at radius 2 is 1.60 bits per heavy atom. The van der Waals surface area contributed by atoms with Crippen LogP contribution in [0.1, 0.15) is 57.2 Å². The molecule has 0 spiro atoms. The molecule has 3 rings (SSSR count). The number of carbonyl (C=O) groups is 2. The summed E-state index contributed by atoms with van der Waals surface area (Å²) in [6.45, 7) is 8.21. The third-order valence-corrected chi connectivity index (χ3v) is 5.00. The average molecular weight is 408 g/mol. The molecule has 1 atom stereocenters. The molecule has 6 nitrogen and oxygen atoms in total. The highest BCUT2D eigenvalue weighted by atomic mass is 16.5. The van der Waals surface area contributed by atoms with Gasteiger partial charge in [0, 0.05) is 5.70 Å². The van der Waals surface area contributed by atoms with Crippen molar-refractivity contribution in [3.63, 3.8) is 0 Å². The van der Waals surface area contributed by atoms with Crippen LogP contribution in [0.2, 0.25) is 0 Å². The van der Waals surface area contributed by atoms with Crippen molar-refractivity contribution < 1.29 is 19.1 Å². The molecule has 0 radical (unpaired) electrons. The van der Waals surface area contributed by atoms with Crippen molar-refractivity contribution >= 4 is 12.0 Å². The molecule has 2 amide bonds. The first kappa shape index (κ1) is 21.4. The minimum absolute atomic E-state index is 0.266. The van der Waals surface area contributed by atoms with Gasteiger partial charge in [0.2, 0.25) is 0 Å². The molecule has 1 aliphatic rings. The lowest BCUT2D eigenvalue weighted by Crippen LogP contribution is -2.45. The summed E-state index contributed by atoms with van der Waals surface area (Å²) < 4.78 is 11.1. The third-order valence-electron chi connectivity index (χ3n) is 5.00. The first-order valence-corrected chi connectivity index (χ1v) is 10.3. The molecule has 0 aromatic heterocycles. The van der Waals surface area contributed by atoms with Crippen LogP contribution in [0.4, 0.5) is 4.79 Å². The smallest absolute Gasteiger partial charge is 0.338 e. The Hall–Kier alpha value is -3.28. The molecule has 30 heavy (non-hydrogen) atoms. The SMILES string of the molecule is CCOC(=O)C1=C(CC)NC(=O)NC1c1ccc(Oc2ccc(C(C)C)cc2)cc1. The topological polar surface area (TPSA) is 76.7 Å². The Balaban J connectivity index is 1.82. The second kappa shape index (κ2) is 9.48. The number of ether oxygens (including phenoxy) is 2. The Morgan fingerprint density at radius 1 is 1.00 bits per heavy atom. The van der Waals surface area contributed by atoms with Gasteiger partial charge in [-0.2, -0.15) is 0 Å². The van der Waals surface area contributed by atoms with E-state index in [-0.39, 0.29) is 12.6 Å². The zero-order valence-corrected chi connectivity index (χ0v) is 17.8. The number of amides is 2. The van der Waals surface area contributed by atoms with Gasteiger partial charge in [0.1, 0.15) is 11.5 Å². The number of rotatable bonds is 7. The minimum atomic E-state index is -0.577. The molecule has 6 heteroatoms. The molecule has 0 fully saturated rings. The van der Waals surface area contributed by atoms with E-state index in [4.69, 9.17) is 9.47 Å². The summed E-state index contributed by atoms with van der Waals surface area (Å²) in [4.78, 5) is 24.6. The van der Waals surface area contributed by atoms with Gasteiger partial charge in [-0.25, -0.2) is 9.59 Å². The van der Waals surface area contributed by atoms with Crippen molar-refractivity contribution in [2.45, 2.75) is 46.1 Å². The number of esters is 1. The predicted octanol–water partition coefficient (Wildman–Crippen LogP) is 5.18. The highest BCUT2D eigenvalue weighted by Gasteiger charge is 2.32. The Bertz CT molecular complexity index is 931. The second-order valence-corrected chi connectivity index (χ2v) is 7.39. The fourth-order valence-electron chi connectivity index (χ4n) is 3.38. The minimum Gasteiger partial charge on any atom is -0.463 e. The first-order valence-electron chi connectivity index (χ1n) is 10.3. The molecule has 1 unspecified atom stereocenters. The Labute approximate surface area is 177 Å². The summed E-state index contributed by atoms with van der Waals surface area (Å²) in [5.74, 6) is 1.46. The van der Waals surface area contributed by atoms with Gasteiger partial charge in [0.25, 0.3) is 0 Å². The zero-order valence-electron chi connectivity index (χ0n) is 17.8. The van der Waals surface area contributed by atoms with Crippen LogP contribution in [0, 0.1) is 0 Å². The molecule has 0 aliphatic carbocycles. The van der Waals surface area contributed by atoms with Gasteiger partial charge in [-0.1, -0.05) is 45.0 Å². The Kier molecular flexibility index (Phi) is 6.77. The van der Waals surface area contributed by atoms with Crippen molar-refractivity contribution in [1.29, 1.82) is 0 Å². The lowest BCUT2D eigenvalue weighted by Gasteiger charge is -2.29. The predicted molar refractivity (Wildman–Crippen MR) is 115 cm³/mol. The average Bonchev–Trinajstić information content (AvgIpc) is 2.74. The maximum absolute atomic E-state index is 12.5. The van der Waals surface area contributed by atoms with E-state index in [9.17, 15) is 9.59 Å². The number of hydrogen-bond donors (Lipinski definition) is 2. The highest BCUT2D eigenvalue weighted by Crippen LogP contribution is 2.31. The summed E-state index contributed by atoms with van der Waals surface area (Å²) in [5.41, 5.74) is 3.04. The van der Waals surface area contributed by atoms with Crippen LogP contribution in [-0.4, -0.2) is 18.6 Å². The molecule has 158 valence electrons. The molecular weight excluding hydrogens is 380 g/mol. The maximum atomic E-state index is 12.5. The van der Waals surface area contributed by atoms with Crippen LogP contribution in [-0.2, 0) is 9.53 Å². The number of urea groups is 1. The molecule has 2 aromatic rings. The van der Waals surface area contributed by atoms with Crippen LogP contribution < -0.4 is 15.4 Å². The molecule has 2 N–H and O–H groups in total. The van der Waals surface area contributed by atoms with E-state index in [1.165, 1.54) is 5.56 Å². The van der Waals surface area contributed by atoms with E-state index in [1.807, 2.05) is 43.3 Å². The van der Waals surface area contributed by atoms with Crippen molar-refractivity contribution in [3.05, 3.63) is 70.9 Å². The lowest BCUT2D eigenvalue weighted by atomic mass is 9.94. The van der Waals surface area contributed by atoms with Crippen LogP contribution in [0.15, 0.2) is 59.8 Å². The monoisotopic (exact) mass is 408 g/mol. The molecule has 1 aliphatic heterocycles. The van der Waals surface area contributed by atoms with Gasteiger partial charge in [0.15, 0.2) is 0 Å². The lowest BCUT2D eigenvalue weighted by molar-refractivity contribution is -0.139. The summed E-state index contributed by atoms with van der Waals surface area (Å²) >= 11 is 0. The number of nitrogens with one attached hydrogen (secondary N) is 2. The van der Waals surface area contributed by atoms with Gasteiger partial charge >= 0.3 is 12.0 Å². The van der Waals surface area contributed by atoms with Gasteiger partial charge in [-0.3, -0.25) is 0 Å². The molecule has 0 saturated carbocycles. The maximum Gasteiger partial charge on any atom is 0.338 e.